The van der Waals surface area contributed by atoms with E-state index in [1.54, 1.807) is 67.5 Å². The van der Waals surface area contributed by atoms with Gasteiger partial charge in [0, 0.05) is 23.5 Å². The van der Waals surface area contributed by atoms with Crippen LogP contribution in [0.5, 0.6) is 11.5 Å². The quantitative estimate of drug-likeness (QED) is 0.572. The summed E-state index contributed by atoms with van der Waals surface area (Å²) in [4.78, 5) is 27.0. The summed E-state index contributed by atoms with van der Waals surface area (Å²) < 4.78 is 10.8. The van der Waals surface area contributed by atoms with Crippen LogP contribution in [-0.2, 0) is 4.79 Å². The lowest BCUT2D eigenvalue weighted by Gasteiger charge is -2.21. The van der Waals surface area contributed by atoms with Gasteiger partial charge in [-0.15, -0.1) is 0 Å². The van der Waals surface area contributed by atoms with Gasteiger partial charge < -0.3 is 19.7 Å². The molecule has 1 unspecified atom stereocenters. The molecule has 1 N–H and O–H groups in total. The van der Waals surface area contributed by atoms with Crippen molar-refractivity contribution < 1.29 is 19.1 Å². The summed E-state index contributed by atoms with van der Waals surface area (Å²) in [7, 11) is 1.59. The molecule has 0 bridgehead atoms. The third-order valence-corrected chi connectivity index (χ3v) is 4.77. The fraction of sp³-hybridized carbons (Fsp3) is 0.200. The van der Waals surface area contributed by atoms with Gasteiger partial charge in [0.25, 0.3) is 11.8 Å². The van der Waals surface area contributed by atoms with E-state index in [-0.39, 0.29) is 11.8 Å². The molecule has 0 aliphatic carbocycles. The SMILES string of the molecule is CCN(C(=O)c1ccc(NC(=O)C(C)Oc2ccc(OC)cc2)cc1)c1ccccc1. The summed E-state index contributed by atoms with van der Waals surface area (Å²) in [5.74, 6) is 0.912. The molecule has 0 aliphatic heterocycles. The van der Waals surface area contributed by atoms with Gasteiger partial charge in [-0.25, -0.2) is 0 Å². The molecular weight excluding hydrogens is 392 g/mol. The van der Waals surface area contributed by atoms with Crippen molar-refractivity contribution in [2.45, 2.75) is 20.0 Å². The average molecular weight is 418 g/mol. The minimum Gasteiger partial charge on any atom is -0.497 e. The van der Waals surface area contributed by atoms with Crippen molar-refractivity contribution in [1.29, 1.82) is 0 Å². The summed E-state index contributed by atoms with van der Waals surface area (Å²) in [5.41, 5.74) is 1.98. The van der Waals surface area contributed by atoms with Crippen molar-refractivity contribution in [2.24, 2.45) is 0 Å². The topological polar surface area (TPSA) is 67.9 Å². The fourth-order valence-electron chi connectivity index (χ4n) is 3.06. The van der Waals surface area contributed by atoms with Crippen LogP contribution in [-0.4, -0.2) is 31.6 Å². The van der Waals surface area contributed by atoms with E-state index in [1.807, 2.05) is 37.3 Å². The van der Waals surface area contributed by atoms with Crippen molar-refractivity contribution in [3.8, 4) is 11.5 Å². The Morgan fingerprint density at radius 2 is 1.52 bits per heavy atom. The minimum atomic E-state index is -0.691. The summed E-state index contributed by atoms with van der Waals surface area (Å²) in [5, 5.41) is 2.81. The van der Waals surface area contributed by atoms with Gasteiger partial charge in [-0.3, -0.25) is 9.59 Å². The number of benzene rings is 3. The van der Waals surface area contributed by atoms with Crippen LogP contribution in [0.4, 0.5) is 11.4 Å². The molecule has 0 radical (unpaired) electrons. The molecule has 0 spiro atoms. The molecule has 6 nitrogen and oxygen atoms in total. The van der Waals surface area contributed by atoms with Gasteiger partial charge in [0.2, 0.25) is 0 Å². The average Bonchev–Trinajstić information content (AvgIpc) is 2.81. The van der Waals surface area contributed by atoms with Crippen molar-refractivity contribution in [3.05, 3.63) is 84.4 Å². The standard InChI is InChI=1S/C25H26N2O4/c1-4-27(21-8-6-5-7-9-21)25(29)19-10-12-20(13-11-19)26-24(28)18(2)31-23-16-14-22(30-3)15-17-23/h5-18H,4H2,1-3H3,(H,26,28). The zero-order valence-corrected chi connectivity index (χ0v) is 17.9. The van der Waals surface area contributed by atoms with E-state index in [0.717, 1.165) is 5.69 Å². The van der Waals surface area contributed by atoms with E-state index < -0.39 is 6.10 Å². The number of para-hydroxylation sites is 1. The maximum atomic E-state index is 12.9. The number of ether oxygens (including phenoxy) is 2. The van der Waals surface area contributed by atoms with Gasteiger partial charge in [0.15, 0.2) is 6.10 Å². The smallest absolute Gasteiger partial charge is 0.265 e. The second-order valence-corrected chi connectivity index (χ2v) is 6.89. The lowest BCUT2D eigenvalue weighted by atomic mass is 10.1. The summed E-state index contributed by atoms with van der Waals surface area (Å²) >= 11 is 0. The number of hydrogen-bond donors (Lipinski definition) is 1. The number of carbonyl (C=O) groups is 2. The summed E-state index contributed by atoms with van der Waals surface area (Å²) in [6.45, 7) is 4.17. The Kier molecular flexibility index (Phi) is 7.27. The second-order valence-electron chi connectivity index (χ2n) is 6.89. The Balaban J connectivity index is 1.61. The Hall–Kier alpha value is -3.80. The van der Waals surface area contributed by atoms with Crippen LogP contribution in [0.25, 0.3) is 0 Å². The van der Waals surface area contributed by atoms with Gasteiger partial charge >= 0.3 is 0 Å². The summed E-state index contributed by atoms with van der Waals surface area (Å²) in [6, 6.07) is 23.4. The Labute approximate surface area is 182 Å². The third-order valence-electron chi connectivity index (χ3n) is 4.77. The molecule has 3 rings (SSSR count). The van der Waals surface area contributed by atoms with Crippen LogP contribution in [0.1, 0.15) is 24.2 Å². The molecule has 6 heteroatoms. The summed E-state index contributed by atoms with van der Waals surface area (Å²) in [6.07, 6.45) is -0.691. The lowest BCUT2D eigenvalue weighted by molar-refractivity contribution is -0.122. The van der Waals surface area contributed by atoms with E-state index >= 15 is 0 Å². The molecule has 3 aromatic carbocycles. The maximum Gasteiger partial charge on any atom is 0.265 e. The molecule has 3 aromatic rings. The second kappa shape index (κ2) is 10.3. The molecule has 0 heterocycles. The van der Waals surface area contributed by atoms with E-state index in [1.165, 1.54) is 0 Å². The number of carbonyl (C=O) groups excluding carboxylic acids is 2. The normalized spacial score (nSPS) is 11.3. The van der Waals surface area contributed by atoms with Gasteiger partial charge in [-0.1, -0.05) is 18.2 Å². The highest BCUT2D eigenvalue weighted by Crippen LogP contribution is 2.20. The first kappa shape index (κ1) is 21.9. The van der Waals surface area contributed by atoms with Crippen molar-refractivity contribution >= 4 is 23.2 Å². The van der Waals surface area contributed by atoms with Gasteiger partial charge in [-0.05, 0) is 74.5 Å². The van der Waals surface area contributed by atoms with E-state index in [9.17, 15) is 9.59 Å². The van der Waals surface area contributed by atoms with E-state index in [0.29, 0.717) is 29.3 Å². The number of hydrogen-bond acceptors (Lipinski definition) is 4. The highest BCUT2D eigenvalue weighted by Gasteiger charge is 2.17. The van der Waals surface area contributed by atoms with Crippen LogP contribution in [0, 0.1) is 0 Å². The number of nitrogens with zero attached hydrogens (tertiary/aromatic N) is 1. The van der Waals surface area contributed by atoms with Crippen molar-refractivity contribution in [1.82, 2.24) is 0 Å². The first-order valence-corrected chi connectivity index (χ1v) is 10.1. The van der Waals surface area contributed by atoms with Crippen LogP contribution < -0.4 is 19.7 Å². The van der Waals surface area contributed by atoms with Gasteiger partial charge in [0.05, 0.1) is 7.11 Å². The number of nitrogens with one attached hydrogen (secondary N) is 1. The zero-order valence-electron chi connectivity index (χ0n) is 17.9. The van der Waals surface area contributed by atoms with Crippen LogP contribution in [0.15, 0.2) is 78.9 Å². The molecule has 2 amide bonds. The molecule has 0 aromatic heterocycles. The Morgan fingerprint density at radius 1 is 0.903 bits per heavy atom. The Morgan fingerprint density at radius 3 is 2.10 bits per heavy atom. The number of amides is 2. The van der Waals surface area contributed by atoms with Gasteiger partial charge in [-0.2, -0.15) is 0 Å². The molecule has 0 saturated carbocycles. The highest BCUT2D eigenvalue weighted by atomic mass is 16.5. The van der Waals surface area contributed by atoms with Gasteiger partial charge in [0.1, 0.15) is 11.5 Å². The molecule has 1 atom stereocenters. The number of methoxy groups -OCH3 is 1. The first-order chi connectivity index (χ1) is 15.0. The third kappa shape index (κ3) is 5.63. The molecular formula is C25H26N2O4. The molecule has 0 fully saturated rings. The van der Waals surface area contributed by atoms with Crippen molar-refractivity contribution in [2.75, 3.05) is 23.9 Å². The zero-order chi connectivity index (χ0) is 22.2. The van der Waals surface area contributed by atoms with Crippen molar-refractivity contribution in [3.63, 3.8) is 0 Å². The Bertz CT molecular complexity index is 1000. The molecule has 0 aliphatic rings. The fourth-order valence-corrected chi connectivity index (χ4v) is 3.06. The van der Waals surface area contributed by atoms with Crippen LogP contribution >= 0.6 is 0 Å². The number of anilines is 2. The monoisotopic (exact) mass is 418 g/mol. The van der Waals surface area contributed by atoms with E-state index in [4.69, 9.17) is 9.47 Å². The molecule has 0 saturated heterocycles. The van der Waals surface area contributed by atoms with Crippen LogP contribution in [0.2, 0.25) is 0 Å². The number of rotatable bonds is 8. The minimum absolute atomic E-state index is 0.0946. The lowest BCUT2D eigenvalue weighted by Crippen LogP contribution is -2.31. The van der Waals surface area contributed by atoms with E-state index in [2.05, 4.69) is 5.32 Å². The predicted octanol–water partition coefficient (Wildman–Crippen LogP) is 4.77. The predicted molar refractivity (Wildman–Crippen MR) is 122 cm³/mol. The highest BCUT2D eigenvalue weighted by molar-refractivity contribution is 6.06. The maximum absolute atomic E-state index is 12.9. The first-order valence-electron chi connectivity index (χ1n) is 10.1. The largest absolute Gasteiger partial charge is 0.497 e. The van der Waals surface area contributed by atoms with Crippen LogP contribution in [0.3, 0.4) is 0 Å². The molecule has 160 valence electrons. The molecule has 31 heavy (non-hydrogen) atoms.